The number of nitrogens with two attached hydrogens (primary N) is 1. The lowest BCUT2D eigenvalue weighted by molar-refractivity contribution is 0.651. The molecule has 0 bridgehead atoms. The van der Waals surface area contributed by atoms with Gasteiger partial charge in [0.15, 0.2) is 0 Å². The van der Waals surface area contributed by atoms with Crippen LogP contribution < -0.4 is 5.73 Å². The van der Waals surface area contributed by atoms with E-state index in [4.69, 9.17) is 5.73 Å². The number of nitrogens with one attached hydrogen (secondary N) is 1. The normalized spacial score (nSPS) is 12.7. The van der Waals surface area contributed by atoms with Crippen molar-refractivity contribution in [3.05, 3.63) is 40.3 Å². The van der Waals surface area contributed by atoms with E-state index in [1.54, 1.807) is 0 Å². The lowest BCUT2D eigenvalue weighted by Crippen LogP contribution is -2.15. The van der Waals surface area contributed by atoms with Crippen molar-refractivity contribution in [3.8, 4) is 11.3 Å². The fourth-order valence-electron chi connectivity index (χ4n) is 1.89. The number of aryl methyl sites for hydroxylation is 2. The van der Waals surface area contributed by atoms with Gasteiger partial charge in [0.1, 0.15) is 5.82 Å². The molecule has 0 aliphatic heterocycles. The van der Waals surface area contributed by atoms with Crippen LogP contribution in [0.4, 0.5) is 0 Å². The van der Waals surface area contributed by atoms with Crippen LogP contribution >= 0.6 is 15.9 Å². The standard InChI is InChI=1S/C14H18BrN3/c1-9(16)3-8-13-17-10(2)14(18-13)11-4-6-12(15)7-5-11/h4-7,9H,3,8,16H2,1-2H3,(H,17,18). The molecule has 0 aliphatic rings. The first-order chi connectivity index (χ1) is 8.56. The predicted molar refractivity (Wildman–Crippen MR) is 78.4 cm³/mol. The number of halogens is 1. The van der Waals surface area contributed by atoms with Crippen molar-refractivity contribution >= 4 is 15.9 Å². The van der Waals surface area contributed by atoms with E-state index in [1.807, 2.05) is 19.1 Å². The molecule has 0 spiro atoms. The summed E-state index contributed by atoms with van der Waals surface area (Å²) in [7, 11) is 0. The number of hydrogen-bond donors (Lipinski definition) is 2. The van der Waals surface area contributed by atoms with Gasteiger partial charge in [0, 0.05) is 28.2 Å². The van der Waals surface area contributed by atoms with Crippen molar-refractivity contribution < 1.29 is 0 Å². The first-order valence-corrected chi connectivity index (χ1v) is 6.92. The Bertz CT molecular complexity index is 514. The van der Waals surface area contributed by atoms with E-state index < -0.39 is 0 Å². The van der Waals surface area contributed by atoms with Gasteiger partial charge < -0.3 is 10.7 Å². The summed E-state index contributed by atoms with van der Waals surface area (Å²) in [5, 5.41) is 0. The van der Waals surface area contributed by atoms with Crippen molar-refractivity contribution in [2.24, 2.45) is 5.73 Å². The van der Waals surface area contributed by atoms with Gasteiger partial charge in [0.05, 0.1) is 5.69 Å². The minimum absolute atomic E-state index is 0.214. The van der Waals surface area contributed by atoms with Gasteiger partial charge in [-0.1, -0.05) is 28.1 Å². The zero-order valence-electron chi connectivity index (χ0n) is 10.7. The number of imidazole rings is 1. The Morgan fingerprint density at radius 3 is 2.61 bits per heavy atom. The number of nitrogens with zero attached hydrogens (tertiary/aromatic N) is 1. The van der Waals surface area contributed by atoms with E-state index in [2.05, 4.69) is 45.0 Å². The van der Waals surface area contributed by atoms with Crippen LogP contribution in [0.15, 0.2) is 28.7 Å². The van der Waals surface area contributed by atoms with Crippen molar-refractivity contribution in [1.29, 1.82) is 0 Å². The molecule has 2 aromatic rings. The molecule has 96 valence electrons. The number of H-pyrrole nitrogens is 1. The molecule has 3 nitrogen and oxygen atoms in total. The van der Waals surface area contributed by atoms with E-state index in [9.17, 15) is 0 Å². The lowest BCUT2D eigenvalue weighted by Gasteiger charge is -2.01. The van der Waals surface area contributed by atoms with Crippen LogP contribution in [-0.2, 0) is 6.42 Å². The summed E-state index contributed by atoms with van der Waals surface area (Å²) in [5.41, 5.74) is 9.04. The third-order valence-corrected chi connectivity index (χ3v) is 3.42. The first-order valence-electron chi connectivity index (χ1n) is 6.13. The summed E-state index contributed by atoms with van der Waals surface area (Å²) in [6.07, 6.45) is 1.85. The molecule has 18 heavy (non-hydrogen) atoms. The van der Waals surface area contributed by atoms with Crippen molar-refractivity contribution in [3.63, 3.8) is 0 Å². The van der Waals surface area contributed by atoms with E-state index in [1.165, 1.54) is 0 Å². The second-order valence-electron chi connectivity index (χ2n) is 4.68. The summed E-state index contributed by atoms with van der Waals surface area (Å²) in [4.78, 5) is 7.99. The Labute approximate surface area is 116 Å². The van der Waals surface area contributed by atoms with Crippen molar-refractivity contribution in [2.45, 2.75) is 32.7 Å². The van der Waals surface area contributed by atoms with Crippen LogP contribution in [0.1, 0.15) is 24.9 Å². The number of benzene rings is 1. The zero-order chi connectivity index (χ0) is 13.1. The smallest absolute Gasteiger partial charge is 0.107 e. The summed E-state index contributed by atoms with van der Waals surface area (Å²) < 4.78 is 1.08. The molecule has 0 saturated heterocycles. The zero-order valence-corrected chi connectivity index (χ0v) is 12.3. The molecule has 4 heteroatoms. The minimum Gasteiger partial charge on any atom is -0.346 e. The van der Waals surface area contributed by atoms with E-state index in [0.717, 1.165) is 40.1 Å². The minimum atomic E-state index is 0.214. The molecule has 0 amide bonds. The van der Waals surface area contributed by atoms with Gasteiger partial charge in [-0.15, -0.1) is 0 Å². The molecule has 0 radical (unpaired) electrons. The van der Waals surface area contributed by atoms with Gasteiger partial charge in [0.2, 0.25) is 0 Å². The summed E-state index contributed by atoms with van der Waals surface area (Å²) in [5.74, 6) is 1.02. The third-order valence-electron chi connectivity index (χ3n) is 2.89. The quantitative estimate of drug-likeness (QED) is 0.909. The molecule has 1 heterocycles. The number of rotatable bonds is 4. The van der Waals surface area contributed by atoms with Gasteiger partial charge in [-0.05, 0) is 32.4 Å². The topological polar surface area (TPSA) is 54.7 Å². The number of hydrogen-bond acceptors (Lipinski definition) is 2. The molecule has 0 aliphatic carbocycles. The second kappa shape index (κ2) is 5.67. The highest BCUT2D eigenvalue weighted by Gasteiger charge is 2.09. The molecule has 1 unspecified atom stereocenters. The highest BCUT2D eigenvalue weighted by molar-refractivity contribution is 9.10. The Hall–Kier alpha value is -1.13. The molecule has 2 rings (SSSR count). The van der Waals surface area contributed by atoms with Gasteiger partial charge in [-0.25, -0.2) is 4.98 Å². The maximum absolute atomic E-state index is 5.77. The Morgan fingerprint density at radius 1 is 1.33 bits per heavy atom. The predicted octanol–water partition coefficient (Wildman–Crippen LogP) is 3.43. The van der Waals surface area contributed by atoms with Crippen LogP contribution in [0.3, 0.4) is 0 Å². The Morgan fingerprint density at radius 2 is 2.00 bits per heavy atom. The first kappa shape index (κ1) is 13.3. The van der Waals surface area contributed by atoms with Crippen LogP contribution in [0.2, 0.25) is 0 Å². The van der Waals surface area contributed by atoms with E-state index in [0.29, 0.717) is 0 Å². The van der Waals surface area contributed by atoms with Crippen LogP contribution in [0, 0.1) is 6.92 Å². The molecule has 0 saturated carbocycles. The van der Waals surface area contributed by atoms with E-state index >= 15 is 0 Å². The Balaban J connectivity index is 2.21. The van der Waals surface area contributed by atoms with Gasteiger partial charge in [0.25, 0.3) is 0 Å². The van der Waals surface area contributed by atoms with Crippen molar-refractivity contribution in [1.82, 2.24) is 9.97 Å². The molecular formula is C14H18BrN3. The summed E-state index contributed by atoms with van der Waals surface area (Å²) in [6.45, 7) is 4.07. The Kier molecular flexibility index (Phi) is 4.19. The third kappa shape index (κ3) is 3.21. The molecule has 1 aromatic carbocycles. The molecule has 0 fully saturated rings. The van der Waals surface area contributed by atoms with Crippen molar-refractivity contribution in [2.75, 3.05) is 0 Å². The van der Waals surface area contributed by atoms with E-state index in [-0.39, 0.29) is 6.04 Å². The molecule has 3 N–H and O–H groups in total. The lowest BCUT2D eigenvalue weighted by atomic mass is 10.1. The highest BCUT2D eigenvalue weighted by Crippen LogP contribution is 2.23. The van der Waals surface area contributed by atoms with Crippen LogP contribution in [0.5, 0.6) is 0 Å². The average molecular weight is 308 g/mol. The second-order valence-corrected chi connectivity index (χ2v) is 5.60. The van der Waals surface area contributed by atoms with Gasteiger partial charge in [-0.2, -0.15) is 0 Å². The maximum atomic E-state index is 5.77. The largest absolute Gasteiger partial charge is 0.346 e. The molecule has 1 atom stereocenters. The fraction of sp³-hybridized carbons (Fsp3) is 0.357. The fourth-order valence-corrected chi connectivity index (χ4v) is 2.16. The molecule has 1 aromatic heterocycles. The maximum Gasteiger partial charge on any atom is 0.107 e. The number of aromatic amines is 1. The monoisotopic (exact) mass is 307 g/mol. The number of aromatic nitrogens is 2. The highest BCUT2D eigenvalue weighted by atomic mass is 79.9. The van der Waals surface area contributed by atoms with Crippen LogP contribution in [0.25, 0.3) is 11.3 Å². The SMILES string of the molecule is Cc1[nH]c(CCC(C)N)nc1-c1ccc(Br)cc1. The van der Waals surface area contributed by atoms with Gasteiger partial charge >= 0.3 is 0 Å². The summed E-state index contributed by atoms with van der Waals surface area (Å²) >= 11 is 3.44. The van der Waals surface area contributed by atoms with Gasteiger partial charge in [-0.3, -0.25) is 0 Å². The van der Waals surface area contributed by atoms with Crippen LogP contribution in [-0.4, -0.2) is 16.0 Å². The molecular weight excluding hydrogens is 290 g/mol. The summed E-state index contributed by atoms with van der Waals surface area (Å²) in [6, 6.07) is 8.42. The average Bonchev–Trinajstić information content (AvgIpc) is 2.69.